The summed E-state index contributed by atoms with van der Waals surface area (Å²) in [5.74, 6) is 0.0394. The maximum absolute atomic E-state index is 11.3. The third-order valence-electron chi connectivity index (χ3n) is 2.17. The number of rotatable bonds is 6. The molecule has 2 N–H and O–H groups in total. The second-order valence-electron chi connectivity index (χ2n) is 3.65. The molecular weight excluding hydrogens is 259 g/mol. The molecule has 1 rings (SSSR count). The molecule has 1 aromatic rings. The summed E-state index contributed by atoms with van der Waals surface area (Å²) in [6, 6.07) is 5.19. The number of benzene rings is 1. The lowest BCUT2D eigenvalue weighted by Crippen LogP contribution is -2.25. The van der Waals surface area contributed by atoms with Gasteiger partial charge in [0.05, 0.1) is 10.7 Å². The van der Waals surface area contributed by atoms with E-state index in [1.807, 2.05) is 6.92 Å². The van der Waals surface area contributed by atoms with Crippen LogP contribution in [-0.4, -0.2) is 19.0 Å². The van der Waals surface area contributed by atoms with E-state index in [1.54, 1.807) is 18.2 Å². The van der Waals surface area contributed by atoms with Gasteiger partial charge in [0.2, 0.25) is 5.91 Å². The SMILES string of the molecule is CCCNC(=O)CCNc1cc(Cl)ccc1Cl. The zero-order valence-electron chi connectivity index (χ0n) is 9.72. The van der Waals surface area contributed by atoms with E-state index in [2.05, 4.69) is 10.6 Å². The van der Waals surface area contributed by atoms with Gasteiger partial charge in [0.1, 0.15) is 0 Å². The first kappa shape index (κ1) is 14.1. The first-order valence-corrected chi connectivity index (χ1v) is 6.34. The van der Waals surface area contributed by atoms with E-state index in [-0.39, 0.29) is 5.91 Å². The van der Waals surface area contributed by atoms with Crippen molar-refractivity contribution in [2.75, 3.05) is 18.4 Å². The fraction of sp³-hybridized carbons (Fsp3) is 0.417. The summed E-state index contributed by atoms with van der Waals surface area (Å²) in [6.07, 6.45) is 1.36. The van der Waals surface area contributed by atoms with Crippen molar-refractivity contribution >= 4 is 34.8 Å². The highest BCUT2D eigenvalue weighted by Crippen LogP contribution is 2.25. The van der Waals surface area contributed by atoms with Crippen LogP contribution in [0.5, 0.6) is 0 Å². The lowest BCUT2D eigenvalue weighted by atomic mass is 10.3. The quantitative estimate of drug-likeness (QED) is 0.836. The third kappa shape index (κ3) is 5.29. The number of nitrogens with one attached hydrogen (secondary N) is 2. The van der Waals surface area contributed by atoms with E-state index in [0.29, 0.717) is 23.0 Å². The van der Waals surface area contributed by atoms with Gasteiger partial charge in [-0.1, -0.05) is 30.1 Å². The summed E-state index contributed by atoms with van der Waals surface area (Å²) >= 11 is 11.8. The van der Waals surface area contributed by atoms with Gasteiger partial charge in [-0.15, -0.1) is 0 Å². The number of amides is 1. The van der Waals surface area contributed by atoms with E-state index in [9.17, 15) is 4.79 Å². The zero-order chi connectivity index (χ0) is 12.7. The average molecular weight is 275 g/mol. The highest BCUT2D eigenvalue weighted by molar-refractivity contribution is 6.35. The van der Waals surface area contributed by atoms with E-state index in [4.69, 9.17) is 23.2 Å². The Balaban J connectivity index is 2.35. The minimum Gasteiger partial charge on any atom is -0.383 e. The van der Waals surface area contributed by atoms with Gasteiger partial charge >= 0.3 is 0 Å². The van der Waals surface area contributed by atoms with Crippen molar-refractivity contribution in [3.8, 4) is 0 Å². The number of carbonyl (C=O) groups is 1. The molecule has 0 saturated carbocycles. The lowest BCUT2D eigenvalue weighted by molar-refractivity contribution is -0.120. The Kier molecular flexibility index (Phi) is 6.16. The number of hydrogen-bond donors (Lipinski definition) is 2. The van der Waals surface area contributed by atoms with E-state index < -0.39 is 0 Å². The van der Waals surface area contributed by atoms with Crippen molar-refractivity contribution in [3.63, 3.8) is 0 Å². The normalized spacial score (nSPS) is 10.1. The van der Waals surface area contributed by atoms with Gasteiger partial charge in [-0.25, -0.2) is 0 Å². The topological polar surface area (TPSA) is 41.1 Å². The Morgan fingerprint density at radius 2 is 2.06 bits per heavy atom. The predicted molar refractivity (Wildman–Crippen MR) is 72.9 cm³/mol. The van der Waals surface area contributed by atoms with Crippen LogP contribution in [0.2, 0.25) is 10.0 Å². The van der Waals surface area contributed by atoms with Gasteiger partial charge in [0, 0.05) is 24.5 Å². The molecule has 0 aliphatic rings. The van der Waals surface area contributed by atoms with Crippen LogP contribution in [0.1, 0.15) is 19.8 Å². The van der Waals surface area contributed by atoms with Crippen LogP contribution in [0.15, 0.2) is 18.2 Å². The Morgan fingerprint density at radius 1 is 1.29 bits per heavy atom. The Morgan fingerprint density at radius 3 is 2.76 bits per heavy atom. The van der Waals surface area contributed by atoms with Gasteiger partial charge < -0.3 is 10.6 Å². The molecule has 0 saturated heterocycles. The van der Waals surface area contributed by atoms with Crippen LogP contribution in [-0.2, 0) is 4.79 Å². The second-order valence-corrected chi connectivity index (χ2v) is 4.49. The minimum absolute atomic E-state index is 0.0394. The number of halogens is 2. The van der Waals surface area contributed by atoms with Crippen molar-refractivity contribution in [1.29, 1.82) is 0 Å². The Bertz CT molecular complexity index is 383. The van der Waals surface area contributed by atoms with Gasteiger partial charge in [-0.2, -0.15) is 0 Å². The molecule has 0 fully saturated rings. The molecule has 0 atom stereocenters. The molecule has 1 amide bonds. The summed E-state index contributed by atoms with van der Waals surface area (Å²) < 4.78 is 0. The summed E-state index contributed by atoms with van der Waals surface area (Å²) in [7, 11) is 0. The molecule has 1 aromatic carbocycles. The van der Waals surface area contributed by atoms with Crippen molar-refractivity contribution < 1.29 is 4.79 Å². The smallest absolute Gasteiger partial charge is 0.221 e. The van der Waals surface area contributed by atoms with Crippen LogP contribution in [0.3, 0.4) is 0 Å². The molecule has 0 aliphatic carbocycles. The third-order valence-corrected chi connectivity index (χ3v) is 2.73. The predicted octanol–water partition coefficient (Wildman–Crippen LogP) is 3.32. The van der Waals surface area contributed by atoms with Crippen LogP contribution in [0, 0.1) is 0 Å². The molecule has 3 nitrogen and oxygen atoms in total. The molecule has 0 aliphatic heterocycles. The molecule has 0 heterocycles. The summed E-state index contributed by atoms with van der Waals surface area (Å²) in [4.78, 5) is 11.3. The standard InChI is InChI=1S/C12H16Cl2N2O/c1-2-6-16-12(17)5-7-15-11-8-9(13)3-4-10(11)14/h3-4,8,15H,2,5-7H2,1H3,(H,16,17). The van der Waals surface area contributed by atoms with Gasteiger partial charge in [-0.3, -0.25) is 4.79 Å². The molecule has 5 heteroatoms. The van der Waals surface area contributed by atoms with Crippen LogP contribution >= 0.6 is 23.2 Å². The maximum atomic E-state index is 11.3. The summed E-state index contributed by atoms with van der Waals surface area (Å²) in [5.41, 5.74) is 0.752. The van der Waals surface area contributed by atoms with Crippen molar-refractivity contribution in [3.05, 3.63) is 28.2 Å². The lowest BCUT2D eigenvalue weighted by Gasteiger charge is -2.08. The molecule has 0 spiro atoms. The first-order valence-electron chi connectivity index (χ1n) is 5.59. The van der Waals surface area contributed by atoms with E-state index in [1.165, 1.54) is 0 Å². The molecule has 94 valence electrons. The number of hydrogen-bond acceptors (Lipinski definition) is 2. The summed E-state index contributed by atoms with van der Waals surface area (Å²) in [5, 5.41) is 7.11. The molecule has 0 bridgehead atoms. The molecule has 0 aromatic heterocycles. The van der Waals surface area contributed by atoms with Crippen molar-refractivity contribution in [2.24, 2.45) is 0 Å². The molecule has 17 heavy (non-hydrogen) atoms. The van der Waals surface area contributed by atoms with Crippen LogP contribution in [0.4, 0.5) is 5.69 Å². The Labute approximate surface area is 111 Å². The average Bonchev–Trinajstić information content (AvgIpc) is 2.31. The van der Waals surface area contributed by atoms with Gasteiger partial charge in [-0.05, 0) is 24.6 Å². The van der Waals surface area contributed by atoms with E-state index in [0.717, 1.165) is 18.7 Å². The highest BCUT2D eigenvalue weighted by atomic mass is 35.5. The minimum atomic E-state index is 0.0394. The maximum Gasteiger partial charge on any atom is 0.221 e. The largest absolute Gasteiger partial charge is 0.383 e. The second kappa shape index (κ2) is 7.41. The number of anilines is 1. The van der Waals surface area contributed by atoms with Gasteiger partial charge in [0.15, 0.2) is 0 Å². The fourth-order valence-electron chi connectivity index (χ4n) is 1.30. The Hall–Kier alpha value is -0.930. The summed E-state index contributed by atoms with van der Waals surface area (Å²) in [6.45, 7) is 3.27. The van der Waals surface area contributed by atoms with Crippen molar-refractivity contribution in [1.82, 2.24) is 5.32 Å². The van der Waals surface area contributed by atoms with Gasteiger partial charge in [0.25, 0.3) is 0 Å². The molecular formula is C12H16Cl2N2O. The molecule has 0 unspecified atom stereocenters. The fourth-order valence-corrected chi connectivity index (χ4v) is 1.65. The van der Waals surface area contributed by atoms with E-state index >= 15 is 0 Å². The highest BCUT2D eigenvalue weighted by Gasteiger charge is 2.03. The van der Waals surface area contributed by atoms with Crippen LogP contribution in [0.25, 0.3) is 0 Å². The van der Waals surface area contributed by atoms with Crippen molar-refractivity contribution in [2.45, 2.75) is 19.8 Å². The molecule has 0 radical (unpaired) electrons. The number of carbonyl (C=O) groups excluding carboxylic acids is 1. The monoisotopic (exact) mass is 274 g/mol. The zero-order valence-corrected chi connectivity index (χ0v) is 11.2. The first-order chi connectivity index (χ1) is 8.13. The van der Waals surface area contributed by atoms with Crippen LogP contribution < -0.4 is 10.6 Å².